The number of carbonyl (C=O) groups is 1. The van der Waals surface area contributed by atoms with Crippen molar-refractivity contribution in [3.8, 4) is 11.5 Å². The number of alkyl halides is 3. The second kappa shape index (κ2) is 5.00. The molecule has 94 valence electrons. The molecule has 1 aromatic heterocycles. The van der Waals surface area contributed by atoms with E-state index in [1.54, 1.807) is 0 Å². The summed E-state index contributed by atoms with van der Waals surface area (Å²) >= 11 is 0. The lowest BCUT2D eigenvalue weighted by molar-refractivity contribution is -0.275. The highest BCUT2D eigenvalue weighted by atomic mass is 19.4. The molecular weight excluding hydrogens is 241 g/mol. The molecule has 0 fully saturated rings. The number of carbonyl (C=O) groups excluding carboxylic acids is 1. The highest BCUT2D eigenvalue weighted by Gasteiger charge is 2.34. The molecule has 0 bridgehead atoms. The van der Waals surface area contributed by atoms with Gasteiger partial charge in [-0.3, -0.25) is 4.79 Å². The first-order valence-corrected chi connectivity index (χ1v) is 4.39. The molecule has 0 amide bonds. The van der Waals surface area contributed by atoms with Gasteiger partial charge in [-0.2, -0.15) is 0 Å². The molecule has 0 saturated carbocycles. The van der Waals surface area contributed by atoms with Crippen LogP contribution in [0.1, 0.15) is 16.1 Å². The van der Waals surface area contributed by atoms with Gasteiger partial charge in [0, 0.05) is 18.3 Å². The highest BCUT2D eigenvalue weighted by molar-refractivity contribution is 5.78. The molecule has 0 radical (unpaired) electrons. The zero-order valence-electron chi connectivity index (χ0n) is 8.75. The number of ether oxygens (including phenoxy) is 2. The number of rotatable bonds is 4. The van der Waals surface area contributed by atoms with Crippen molar-refractivity contribution < 1.29 is 27.4 Å². The third-order valence-electron chi connectivity index (χ3n) is 1.84. The molecular formula is C9H9F3N2O3. The molecule has 0 atom stereocenters. The Morgan fingerprint density at radius 1 is 1.47 bits per heavy atom. The topological polar surface area (TPSA) is 74.4 Å². The monoisotopic (exact) mass is 250 g/mol. The first-order chi connectivity index (χ1) is 7.92. The van der Waals surface area contributed by atoms with Crippen LogP contribution < -0.4 is 15.2 Å². The molecule has 0 aliphatic heterocycles. The number of aromatic nitrogens is 1. The molecule has 0 aromatic carbocycles. The Morgan fingerprint density at radius 3 is 2.53 bits per heavy atom. The number of methoxy groups -OCH3 is 1. The van der Waals surface area contributed by atoms with Gasteiger partial charge in [-0.1, -0.05) is 0 Å². The van der Waals surface area contributed by atoms with E-state index >= 15 is 0 Å². The van der Waals surface area contributed by atoms with Crippen molar-refractivity contribution in [2.45, 2.75) is 12.9 Å². The second-order valence-corrected chi connectivity index (χ2v) is 2.90. The summed E-state index contributed by atoms with van der Waals surface area (Å²) in [6.07, 6.45) is -3.64. The predicted molar refractivity (Wildman–Crippen MR) is 50.8 cm³/mol. The van der Waals surface area contributed by atoms with Gasteiger partial charge < -0.3 is 15.2 Å². The van der Waals surface area contributed by atoms with Crippen LogP contribution in [-0.2, 0) is 6.54 Å². The molecule has 17 heavy (non-hydrogen) atoms. The molecule has 1 rings (SSSR count). The van der Waals surface area contributed by atoms with E-state index in [-0.39, 0.29) is 24.1 Å². The van der Waals surface area contributed by atoms with Crippen molar-refractivity contribution in [3.63, 3.8) is 0 Å². The maximum atomic E-state index is 12.2. The predicted octanol–water partition coefficient (Wildman–Crippen LogP) is 1.26. The van der Waals surface area contributed by atoms with Gasteiger partial charge in [-0.25, -0.2) is 4.98 Å². The minimum Gasteiger partial charge on any atom is -0.492 e. The Hall–Kier alpha value is -1.83. The molecule has 2 N–H and O–H groups in total. The fourth-order valence-electron chi connectivity index (χ4n) is 1.19. The third kappa shape index (κ3) is 3.06. The molecule has 1 aromatic rings. The lowest BCUT2D eigenvalue weighted by atomic mass is 10.2. The van der Waals surface area contributed by atoms with Crippen molar-refractivity contribution in [1.82, 2.24) is 4.98 Å². The summed E-state index contributed by atoms with van der Waals surface area (Å²) in [6, 6.07) is 0. The van der Waals surface area contributed by atoms with Crippen LogP contribution in [0.5, 0.6) is 11.5 Å². The standard InChI is InChI=1S/C9H9F3N2O3/c1-16-7-5(2-13)3-14-6(4-15)8(7)17-9(10,11)12/h3-4H,2,13H2,1H3. The first kappa shape index (κ1) is 13.2. The van der Waals surface area contributed by atoms with Gasteiger partial charge in [-0.15, -0.1) is 13.2 Å². The van der Waals surface area contributed by atoms with E-state index in [1.807, 2.05) is 0 Å². The minimum atomic E-state index is -4.94. The van der Waals surface area contributed by atoms with Gasteiger partial charge >= 0.3 is 6.36 Å². The third-order valence-corrected chi connectivity index (χ3v) is 1.84. The van der Waals surface area contributed by atoms with E-state index < -0.39 is 17.8 Å². The molecule has 8 heteroatoms. The Kier molecular flexibility index (Phi) is 3.89. The smallest absolute Gasteiger partial charge is 0.492 e. The Balaban J connectivity index is 3.35. The molecule has 0 aliphatic carbocycles. The van der Waals surface area contributed by atoms with Crippen LogP contribution in [-0.4, -0.2) is 24.7 Å². The van der Waals surface area contributed by atoms with Gasteiger partial charge in [0.1, 0.15) is 5.69 Å². The summed E-state index contributed by atoms with van der Waals surface area (Å²) in [4.78, 5) is 14.1. The lowest BCUT2D eigenvalue weighted by Gasteiger charge is -2.15. The van der Waals surface area contributed by atoms with Gasteiger partial charge in [0.15, 0.2) is 12.0 Å². The molecule has 5 nitrogen and oxygen atoms in total. The maximum absolute atomic E-state index is 12.2. The van der Waals surface area contributed by atoms with Gasteiger partial charge in [0.2, 0.25) is 5.75 Å². The van der Waals surface area contributed by atoms with E-state index in [4.69, 9.17) is 10.5 Å². The number of hydrogen-bond acceptors (Lipinski definition) is 5. The number of halogens is 3. The molecule has 0 saturated heterocycles. The van der Waals surface area contributed by atoms with Crippen LogP contribution >= 0.6 is 0 Å². The zero-order valence-corrected chi connectivity index (χ0v) is 8.75. The average molecular weight is 250 g/mol. The zero-order chi connectivity index (χ0) is 13.1. The number of aldehydes is 1. The normalized spacial score (nSPS) is 11.1. The summed E-state index contributed by atoms with van der Waals surface area (Å²) in [5, 5.41) is 0. The molecule has 0 spiro atoms. The Labute approximate surface area is 94.3 Å². The van der Waals surface area contributed by atoms with E-state index in [0.29, 0.717) is 0 Å². The fourth-order valence-corrected chi connectivity index (χ4v) is 1.19. The number of hydrogen-bond donors (Lipinski definition) is 1. The summed E-state index contributed by atoms with van der Waals surface area (Å²) < 4.78 is 44.9. The van der Waals surface area contributed by atoms with Crippen LogP contribution in [0.25, 0.3) is 0 Å². The molecule has 0 aliphatic rings. The van der Waals surface area contributed by atoms with E-state index in [0.717, 1.165) is 13.3 Å². The maximum Gasteiger partial charge on any atom is 0.573 e. The minimum absolute atomic E-state index is 0.0937. The van der Waals surface area contributed by atoms with E-state index in [9.17, 15) is 18.0 Å². The van der Waals surface area contributed by atoms with Crippen molar-refractivity contribution in [2.75, 3.05) is 7.11 Å². The quantitative estimate of drug-likeness (QED) is 0.814. The number of nitrogens with zero attached hydrogens (tertiary/aromatic N) is 1. The van der Waals surface area contributed by atoms with Gasteiger partial charge in [-0.05, 0) is 0 Å². The van der Waals surface area contributed by atoms with Crippen LogP contribution in [0.15, 0.2) is 6.20 Å². The van der Waals surface area contributed by atoms with Crippen LogP contribution in [0.2, 0.25) is 0 Å². The molecule has 0 unspecified atom stereocenters. The summed E-state index contributed by atoms with van der Waals surface area (Å²) in [5.41, 5.74) is 5.01. The van der Waals surface area contributed by atoms with Crippen LogP contribution in [0, 0.1) is 0 Å². The van der Waals surface area contributed by atoms with Crippen LogP contribution in [0.4, 0.5) is 13.2 Å². The first-order valence-electron chi connectivity index (χ1n) is 4.39. The summed E-state index contributed by atoms with van der Waals surface area (Å²) in [5.74, 6) is -1.03. The summed E-state index contributed by atoms with van der Waals surface area (Å²) in [6.45, 7) is -0.0937. The number of nitrogens with two attached hydrogens (primary N) is 1. The van der Waals surface area contributed by atoms with E-state index in [1.165, 1.54) is 0 Å². The average Bonchev–Trinajstić information content (AvgIpc) is 2.26. The van der Waals surface area contributed by atoms with E-state index in [2.05, 4.69) is 9.72 Å². The van der Waals surface area contributed by atoms with Gasteiger partial charge in [0.25, 0.3) is 0 Å². The Morgan fingerprint density at radius 2 is 2.12 bits per heavy atom. The lowest BCUT2D eigenvalue weighted by Crippen LogP contribution is -2.20. The number of pyridine rings is 1. The summed E-state index contributed by atoms with van der Waals surface area (Å²) in [7, 11) is 1.15. The van der Waals surface area contributed by atoms with Crippen molar-refractivity contribution in [1.29, 1.82) is 0 Å². The van der Waals surface area contributed by atoms with Crippen LogP contribution in [0.3, 0.4) is 0 Å². The van der Waals surface area contributed by atoms with Gasteiger partial charge in [0.05, 0.1) is 7.11 Å². The second-order valence-electron chi connectivity index (χ2n) is 2.90. The van der Waals surface area contributed by atoms with Crippen molar-refractivity contribution in [2.24, 2.45) is 5.73 Å². The SMILES string of the molecule is COc1c(CN)cnc(C=O)c1OC(F)(F)F. The highest BCUT2D eigenvalue weighted by Crippen LogP contribution is 2.36. The largest absolute Gasteiger partial charge is 0.573 e. The van der Waals surface area contributed by atoms with Crippen molar-refractivity contribution >= 4 is 6.29 Å². The Bertz CT molecular complexity index is 421. The fraction of sp³-hybridized carbons (Fsp3) is 0.333. The molecule has 1 heterocycles. The van der Waals surface area contributed by atoms with Crippen molar-refractivity contribution in [3.05, 3.63) is 17.5 Å².